The summed E-state index contributed by atoms with van der Waals surface area (Å²) in [6.07, 6.45) is -2.70. The molecule has 3 aliphatic heterocycles. The van der Waals surface area contributed by atoms with E-state index in [-0.39, 0.29) is 30.6 Å². The summed E-state index contributed by atoms with van der Waals surface area (Å²) in [4.78, 5) is 32.9. The van der Waals surface area contributed by atoms with Gasteiger partial charge in [0, 0.05) is 24.4 Å². The molecule has 3 heterocycles. The lowest BCUT2D eigenvalue weighted by molar-refractivity contribution is -0.139. The first-order valence-electron chi connectivity index (χ1n) is 13.0. The van der Waals surface area contributed by atoms with Crippen LogP contribution >= 0.6 is 11.8 Å². The third-order valence-electron chi connectivity index (χ3n) is 6.80. The second-order valence-electron chi connectivity index (χ2n) is 9.48. The van der Waals surface area contributed by atoms with E-state index in [1.165, 1.54) is 23.9 Å². The zero-order chi connectivity index (χ0) is 28.3. The summed E-state index contributed by atoms with van der Waals surface area (Å²) in [6, 6.07) is 12.9. The minimum Gasteiger partial charge on any atom is -0.463 e. The Morgan fingerprint density at radius 2 is 1.90 bits per heavy atom. The predicted octanol–water partition coefficient (Wildman–Crippen LogP) is 5.67. The molecule has 1 amide bonds. The molecule has 5 rings (SSSR count). The second-order valence-corrected chi connectivity index (χ2v) is 10.3. The number of hydrogen-bond donors (Lipinski definition) is 1. The molecule has 0 aliphatic carbocycles. The van der Waals surface area contributed by atoms with E-state index in [9.17, 15) is 22.8 Å². The Hall–Kier alpha value is -3.57. The molecule has 2 aromatic carbocycles. The quantitative estimate of drug-likeness (QED) is 0.412. The summed E-state index contributed by atoms with van der Waals surface area (Å²) >= 11 is 1.29. The van der Waals surface area contributed by atoms with Crippen molar-refractivity contribution < 1.29 is 32.2 Å². The normalized spacial score (nSPS) is 20.6. The summed E-state index contributed by atoms with van der Waals surface area (Å²) < 4.78 is 51.1. The number of nitrogens with one attached hydrogen (secondary N) is 1. The van der Waals surface area contributed by atoms with E-state index < -0.39 is 23.8 Å². The Kier molecular flexibility index (Phi) is 8.32. The van der Waals surface area contributed by atoms with Crippen molar-refractivity contribution in [3.05, 3.63) is 88.0 Å². The number of benzene rings is 2. The number of rotatable bonds is 8. The highest BCUT2D eigenvalue weighted by Crippen LogP contribution is 2.47. The molecule has 7 nitrogen and oxygen atoms in total. The lowest BCUT2D eigenvalue weighted by Gasteiger charge is -2.37. The Balaban J connectivity index is 1.54. The molecule has 2 aromatic rings. The van der Waals surface area contributed by atoms with Crippen LogP contribution in [0.2, 0.25) is 0 Å². The number of amidine groups is 1. The topological polar surface area (TPSA) is 80.2 Å². The number of ether oxygens (including phenoxy) is 2. The number of alkyl halides is 3. The van der Waals surface area contributed by atoms with Crippen molar-refractivity contribution >= 4 is 34.5 Å². The summed E-state index contributed by atoms with van der Waals surface area (Å²) in [5, 5.41) is 5.21. The van der Waals surface area contributed by atoms with E-state index in [1.54, 1.807) is 17.2 Å². The van der Waals surface area contributed by atoms with Gasteiger partial charge in [-0.3, -0.25) is 4.79 Å². The molecule has 0 aromatic heterocycles. The van der Waals surface area contributed by atoms with E-state index in [0.29, 0.717) is 40.8 Å². The molecule has 0 saturated carbocycles. The van der Waals surface area contributed by atoms with Gasteiger partial charge in [0.1, 0.15) is 0 Å². The number of fused-ring (bicyclic) bond motifs is 1. The van der Waals surface area contributed by atoms with Crippen molar-refractivity contribution in [1.82, 2.24) is 10.2 Å². The number of esters is 1. The van der Waals surface area contributed by atoms with Gasteiger partial charge in [-0.15, -0.1) is 0 Å². The number of thioether (sulfide) groups is 1. The minimum atomic E-state index is -4.51. The van der Waals surface area contributed by atoms with Crippen molar-refractivity contribution in [2.75, 3.05) is 19.8 Å². The van der Waals surface area contributed by atoms with E-state index >= 15 is 0 Å². The van der Waals surface area contributed by atoms with Crippen LogP contribution in [-0.2, 0) is 25.2 Å². The van der Waals surface area contributed by atoms with Crippen LogP contribution in [-0.4, -0.2) is 47.8 Å². The number of hydrogen-bond acceptors (Lipinski definition) is 7. The van der Waals surface area contributed by atoms with E-state index in [0.717, 1.165) is 25.0 Å². The maximum atomic E-state index is 13.5. The fourth-order valence-corrected chi connectivity index (χ4v) is 5.84. The van der Waals surface area contributed by atoms with Crippen LogP contribution in [0.3, 0.4) is 0 Å². The molecule has 3 aliphatic rings. The van der Waals surface area contributed by atoms with Gasteiger partial charge in [-0.05, 0) is 42.9 Å². The maximum Gasteiger partial charge on any atom is 0.416 e. The second kappa shape index (κ2) is 11.9. The summed E-state index contributed by atoms with van der Waals surface area (Å²) in [5.41, 5.74) is 1.44. The summed E-state index contributed by atoms with van der Waals surface area (Å²) in [6.45, 7) is 2.86. The molecular weight excluding hydrogens is 543 g/mol. The number of amides is 1. The fourth-order valence-electron chi connectivity index (χ4n) is 4.92. The third kappa shape index (κ3) is 5.95. The maximum absolute atomic E-state index is 13.5. The first-order valence-corrected chi connectivity index (χ1v) is 13.9. The Labute approximate surface area is 234 Å². The van der Waals surface area contributed by atoms with Gasteiger partial charge in [0.05, 0.1) is 42.0 Å². The molecule has 1 saturated heterocycles. The highest BCUT2D eigenvalue weighted by Gasteiger charge is 2.42. The number of carbonyl (C=O) groups excluding carboxylic acids is 2. The Bertz CT molecular complexity index is 1350. The average molecular weight is 572 g/mol. The lowest BCUT2D eigenvalue weighted by Crippen LogP contribution is -2.39. The molecule has 1 fully saturated rings. The monoisotopic (exact) mass is 571 g/mol. The zero-order valence-electron chi connectivity index (χ0n) is 21.7. The van der Waals surface area contributed by atoms with Crippen LogP contribution in [0, 0.1) is 0 Å². The standard InChI is InChI=1S/C29H28F3N3O4S/c1-2-38-27(37)24-25(18-7-4-3-5-8-18)34-28-35(26(24)19-10-12-20(13-11-19)29(30,31)32)21(17-40-28)15-23(36)33-16-22-9-6-14-39-22/h3-5,7-8,10-13,17,22,26H,2,6,9,14-16H2,1H3,(H,33,36)/t22-,26+/m1/s1. The fraction of sp³-hybridized carbons (Fsp3) is 0.345. The minimum absolute atomic E-state index is 0.00729. The van der Waals surface area contributed by atoms with Crippen molar-refractivity contribution in [3.8, 4) is 0 Å². The first kappa shape index (κ1) is 28.0. The van der Waals surface area contributed by atoms with Crippen LogP contribution in [0.5, 0.6) is 0 Å². The van der Waals surface area contributed by atoms with E-state index in [1.807, 2.05) is 30.3 Å². The molecule has 1 N–H and O–H groups in total. The highest BCUT2D eigenvalue weighted by atomic mass is 32.2. The molecule has 11 heteroatoms. The van der Waals surface area contributed by atoms with Crippen LogP contribution in [0.15, 0.2) is 76.3 Å². The number of halogens is 3. The largest absolute Gasteiger partial charge is 0.463 e. The lowest BCUT2D eigenvalue weighted by atomic mass is 9.91. The number of nitrogens with zero attached hydrogens (tertiary/aromatic N) is 2. The third-order valence-corrected chi connectivity index (χ3v) is 7.69. The van der Waals surface area contributed by atoms with Crippen molar-refractivity contribution in [2.45, 2.75) is 44.5 Å². The zero-order valence-corrected chi connectivity index (χ0v) is 22.6. The molecule has 0 spiro atoms. The highest BCUT2D eigenvalue weighted by molar-refractivity contribution is 8.16. The molecule has 2 atom stereocenters. The number of carbonyl (C=O) groups is 2. The number of aliphatic imine (C=N–C) groups is 1. The van der Waals surface area contributed by atoms with E-state index in [4.69, 9.17) is 14.5 Å². The van der Waals surface area contributed by atoms with Crippen LogP contribution in [0.4, 0.5) is 13.2 Å². The van der Waals surface area contributed by atoms with Gasteiger partial charge in [0.2, 0.25) is 5.91 Å². The van der Waals surface area contributed by atoms with Gasteiger partial charge >= 0.3 is 12.1 Å². The molecule has 0 radical (unpaired) electrons. The Morgan fingerprint density at radius 3 is 2.55 bits per heavy atom. The van der Waals surface area contributed by atoms with Gasteiger partial charge in [0.25, 0.3) is 0 Å². The van der Waals surface area contributed by atoms with Gasteiger partial charge in [0.15, 0.2) is 5.17 Å². The van der Waals surface area contributed by atoms with Crippen molar-refractivity contribution in [1.29, 1.82) is 0 Å². The molecule has 0 unspecified atom stereocenters. The van der Waals surface area contributed by atoms with Crippen LogP contribution in [0.1, 0.15) is 48.9 Å². The molecular formula is C29H28F3N3O4S. The first-order chi connectivity index (χ1) is 19.3. The van der Waals surface area contributed by atoms with Gasteiger partial charge < -0.3 is 19.7 Å². The molecule has 0 bridgehead atoms. The average Bonchev–Trinajstić information content (AvgIpc) is 3.61. The Morgan fingerprint density at radius 1 is 1.15 bits per heavy atom. The SMILES string of the molecule is CCOC(=O)C1=C(c2ccccc2)N=C2SC=C(CC(=O)NC[C@H]3CCCO3)N2[C@H]1c1ccc(C(F)(F)F)cc1. The van der Waals surface area contributed by atoms with Crippen molar-refractivity contribution in [2.24, 2.45) is 4.99 Å². The molecule has 210 valence electrons. The summed E-state index contributed by atoms with van der Waals surface area (Å²) in [7, 11) is 0. The summed E-state index contributed by atoms with van der Waals surface area (Å²) in [5.74, 6) is -0.863. The van der Waals surface area contributed by atoms with Gasteiger partial charge in [-0.1, -0.05) is 54.2 Å². The molecule has 40 heavy (non-hydrogen) atoms. The van der Waals surface area contributed by atoms with Crippen LogP contribution in [0.25, 0.3) is 5.70 Å². The van der Waals surface area contributed by atoms with Crippen molar-refractivity contribution in [3.63, 3.8) is 0 Å². The predicted molar refractivity (Wildman–Crippen MR) is 146 cm³/mol. The van der Waals surface area contributed by atoms with E-state index in [2.05, 4.69) is 5.32 Å². The van der Waals surface area contributed by atoms with Gasteiger partial charge in [-0.25, -0.2) is 9.79 Å². The smallest absolute Gasteiger partial charge is 0.416 e. The van der Waals surface area contributed by atoms with Gasteiger partial charge in [-0.2, -0.15) is 13.2 Å². The van der Waals surface area contributed by atoms with Crippen LogP contribution < -0.4 is 5.32 Å².